The molecule has 2 rings (SSSR count). The maximum Gasteiger partial charge on any atom is 0.319 e. The number of amides is 1. The predicted octanol–water partition coefficient (Wildman–Crippen LogP) is 2.71. The van der Waals surface area contributed by atoms with Crippen LogP contribution in [0.15, 0.2) is 35.3 Å². The van der Waals surface area contributed by atoms with Crippen molar-refractivity contribution in [2.24, 2.45) is 0 Å². The van der Waals surface area contributed by atoms with E-state index in [9.17, 15) is 13.6 Å². The number of imidazole rings is 1. The van der Waals surface area contributed by atoms with Crippen LogP contribution in [0.2, 0.25) is 0 Å². The minimum atomic E-state index is -2.68. The van der Waals surface area contributed by atoms with Gasteiger partial charge in [-0.25, -0.2) is 4.98 Å². The second kappa shape index (κ2) is 6.08. The summed E-state index contributed by atoms with van der Waals surface area (Å²) >= 11 is 3.22. The molecule has 0 bridgehead atoms. The minimum Gasteiger partial charge on any atom is -0.334 e. The normalized spacial score (nSPS) is 10.8. The number of rotatable bonds is 4. The fraction of sp³-hybridized carbons (Fsp3) is 0.250. The van der Waals surface area contributed by atoms with Crippen LogP contribution in [0, 0.1) is 0 Å². The smallest absolute Gasteiger partial charge is 0.319 e. The summed E-state index contributed by atoms with van der Waals surface area (Å²) in [5, 5.41) is 0. The van der Waals surface area contributed by atoms with Gasteiger partial charge in [0, 0.05) is 36.3 Å². The summed E-state index contributed by atoms with van der Waals surface area (Å²) in [6.45, 7) is -2.69. The van der Waals surface area contributed by atoms with E-state index in [1.54, 1.807) is 12.3 Å². The molecular weight excluding hydrogens is 334 g/mol. The van der Waals surface area contributed by atoms with Gasteiger partial charge in [-0.15, -0.1) is 0 Å². The summed E-state index contributed by atoms with van der Waals surface area (Å²) in [5.41, 5.74) is 0.372. The van der Waals surface area contributed by atoms with E-state index in [0.717, 1.165) is 4.57 Å². The zero-order valence-electron chi connectivity index (χ0n) is 10.5. The van der Waals surface area contributed by atoms with E-state index in [2.05, 4.69) is 25.9 Å². The Morgan fingerprint density at radius 2 is 2.25 bits per heavy atom. The lowest BCUT2D eigenvalue weighted by molar-refractivity contribution is 0.0612. The summed E-state index contributed by atoms with van der Waals surface area (Å²) in [4.78, 5) is 21.2. The van der Waals surface area contributed by atoms with Crippen molar-refractivity contribution in [3.8, 4) is 0 Å². The van der Waals surface area contributed by atoms with E-state index in [1.165, 1.54) is 30.5 Å². The standard InChI is InChI=1S/C12H11BrF2N4O/c1-18(7-10-17-2-3-19(10)12(14)15)11(20)8-4-9(13)6-16-5-8/h2-6,12H,7H2,1H3. The first-order chi connectivity index (χ1) is 9.49. The largest absolute Gasteiger partial charge is 0.334 e. The molecule has 0 N–H and O–H groups in total. The van der Waals surface area contributed by atoms with Crippen LogP contribution in [-0.4, -0.2) is 32.4 Å². The van der Waals surface area contributed by atoms with E-state index >= 15 is 0 Å². The topological polar surface area (TPSA) is 51.0 Å². The number of hydrogen-bond donors (Lipinski definition) is 0. The average Bonchev–Trinajstić information content (AvgIpc) is 2.86. The molecule has 2 aromatic rings. The highest BCUT2D eigenvalue weighted by Crippen LogP contribution is 2.15. The first-order valence-corrected chi connectivity index (χ1v) is 6.44. The third-order valence-corrected chi connectivity index (χ3v) is 3.07. The first-order valence-electron chi connectivity index (χ1n) is 5.65. The van der Waals surface area contributed by atoms with Gasteiger partial charge >= 0.3 is 6.55 Å². The molecule has 0 saturated heterocycles. The summed E-state index contributed by atoms with van der Waals surface area (Å²) in [7, 11) is 1.52. The van der Waals surface area contributed by atoms with Crippen LogP contribution in [0.25, 0.3) is 0 Å². The molecule has 0 aromatic carbocycles. The molecular formula is C12H11BrF2N4O. The van der Waals surface area contributed by atoms with Crippen molar-refractivity contribution in [1.82, 2.24) is 19.4 Å². The molecule has 20 heavy (non-hydrogen) atoms. The van der Waals surface area contributed by atoms with Gasteiger partial charge in [-0.05, 0) is 22.0 Å². The van der Waals surface area contributed by atoms with E-state index < -0.39 is 6.55 Å². The second-order valence-corrected chi connectivity index (χ2v) is 5.00. The fourth-order valence-electron chi connectivity index (χ4n) is 1.68. The number of halogens is 3. The monoisotopic (exact) mass is 344 g/mol. The van der Waals surface area contributed by atoms with Gasteiger partial charge in [0.2, 0.25) is 0 Å². The molecule has 0 aliphatic carbocycles. The Morgan fingerprint density at radius 3 is 2.90 bits per heavy atom. The van der Waals surface area contributed by atoms with Gasteiger partial charge in [-0.1, -0.05) is 0 Å². The molecule has 0 spiro atoms. The highest BCUT2D eigenvalue weighted by molar-refractivity contribution is 9.10. The van der Waals surface area contributed by atoms with Crippen LogP contribution < -0.4 is 0 Å². The summed E-state index contributed by atoms with van der Waals surface area (Å²) in [6, 6.07) is 1.62. The van der Waals surface area contributed by atoms with Gasteiger partial charge in [0.25, 0.3) is 5.91 Å². The van der Waals surface area contributed by atoms with Crippen molar-refractivity contribution >= 4 is 21.8 Å². The highest BCUT2D eigenvalue weighted by atomic mass is 79.9. The van der Waals surface area contributed by atoms with E-state index in [4.69, 9.17) is 0 Å². The Labute approximate surface area is 122 Å². The Hall–Kier alpha value is -1.83. The predicted molar refractivity (Wildman–Crippen MR) is 71.2 cm³/mol. The quantitative estimate of drug-likeness (QED) is 0.856. The fourth-order valence-corrected chi connectivity index (χ4v) is 2.04. The Kier molecular flexibility index (Phi) is 4.43. The van der Waals surface area contributed by atoms with Crippen LogP contribution in [0.3, 0.4) is 0 Å². The van der Waals surface area contributed by atoms with Gasteiger partial charge in [-0.2, -0.15) is 8.78 Å². The molecule has 0 aliphatic heterocycles. The van der Waals surface area contributed by atoms with Crippen LogP contribution in [0.1, 0.15) is 22.7 Å². The molecule has 8 heteroatoms. The van der Waals surface area contributed by atoms with E-state index in [0.29, 0.717) is 10.0 Å². The SMILES string of the molecule is CN(Cc1nccn1C(F)F)C(=O)c1cncc(Br)c1. The lowest BCUT2D eigenvalue weighted by atomic mass is 10.2. The van der Waals surface area contributed by atoms with Crippen LogP contribution in [0.5, 0.6) is 0 Å². The van der Waals surface area contributed by atoms with Gasteiger partial charge in [0.05, 0.1) is 12.1 Å². The molecule has 0 aliphatic rings. The molecule has 0 atom stereocenters. The number of alkyl halides is 2. The molecule has 106 valence electrons. The number of carbonyl (C=O) groups excluding carboxylic acids is 1. The van der Waals surface area contributed by atoms with Crippen LogP contribution >= 0.6 is 15.9 Å². The first kappa shape index (κ1) is 14.6. The average molecular weight is 345 g/mol. The van der Waals surface area contributed by atoms with Crippen molar-refractivity contribution in [1.29, 1.82) is 0 Å². The Balaban J connectivity index is 2.14. The molecule has 1 amide bonds. The number of nitrogens with zero attached hydrogens (tertiary/aromatic N) is 4. The summed E-state index contributed by atoms with van der Waals surface area (Å²) in [6.07, 6.45) is 5.43. The van der Waals surface area contributed by atoms with Crippen molar-refractivity contribution < 1.29 is 13.6 Å². The van der Waals surface area contributed by atoms with Crippen molar-refractivity contribution in [2.75, 3.05) is 7.05 Å². The number of hydrogen-bond acceptors (Lipinski definition) is 3. The third kappa shape index (κ3) is 3.19. The van der Waals surface area contributed by atoms with Gasteiger partial charge < -0.3 is 4.90 Å². The highest BCUT2D eigenvalue weighted by Gasteiger charge is 2.17. The van der Waals surface area contributed by atoms with Gasteiger partial charge in [-0.3, -0.25) is 14.3 Å². The molecule has 0 fully saturated rings. The zero-order chi connectivity index (χ0) is 14.7. The van der Waals surface area contributed by atoms with Gasteiger partial charge in [0.1, 0.15) is 5.82 Å². The lowest BCUT2D eigenvalue weighted by Gasteiger charge is -2.17. The number of pyridine rings is 1. The maximum absolute atomic E-state index is 12.7. The maximum atomic E-state index is 12.7. The number of carbonyl (C=O) groups is 1. The minimum absolute atomic E-state index is 0.0112. The Bertz CT molecular complexity index is 617. The van der Waals surface area contributed by atoms with Crippen LogP contribution in [0.4, 0.5) is 8.78 Å². The second-order valence-electron chi connectivity index (χ2n) is 4.08. The molecule has 2 aromatic heterocycles. The van der Waals surface area contributed by atoms with Crippen molar-refractivity contribution in [3.63, 3.8) is 0 Å². The zero-order valence-corrected chi connectivity index (χ0v) is 12.1. The molecule has 0 unspecified atom stereocenters. The van der Waals surface area contributed by atoms with Crippen LogP contribution in [-0.2, 0) is 6.54 Å². The lowest BCUT2D eigenvalue weighted by Crippen LogP contribution is -2.28. The number of aromatic nitrogens is 3. The molecule has 5 nitrogen and oxygen atoms in total. The molecule has 0 radical (unpaired) electrons. The molecule has 0 saturated carbocycles. The van der Waals surface area contributed by atoms with E-state index in [-0.39, 0.29) is 18.3 Å². The molecule has 2 heterocycles. The summed E-state index contributed by atoms with van der Waals surface area (Å²) in [5.74, 6) is -0.193. The van der Waals surface area contributed by atoms with E-state index in [1.807, 2.05) is 0 Å². The van der Waals surface area contributed by atoms with Crippen molar-refractivity contribution in [3.05, 3.63) is 46.7 Å². The summed E-state index contributed by atoms with van der Waals surface area (Å²) < 4.78 is 26.8. The van der Waals surface area contributed by atoms with Crippen molar-refractivity contribution in [2.45, 2.75) is 13.1 Å². The van der Waals surface area contributed by atoms with Gasteiger partial charge in [0.15, 0.2) is 0 Å². The third-order valence-electron chi connectivity index (χ3n) is 2.64. The Morgan fingerprint density at radius 1 is 1.50 bits per heavy atom.